The van der Waals surface area contributed by atoms with Gasteiger partial charge in [-0.15, -0.1) is 0 Å². The van der Waals surface area contributed by atoms with Crippen LogP contribution in [0.4, 0.5) is 0 Å². The molecule has 0 atom stereocenters. The normalized spacial score (nSPS) is 13.0. The van der Waals surface area contributed by atoms with Crippen LogP contribution in [0.1, 0.15) is 57.7 Å². The van der Waals surface area contributed by atoms with Gasteiger partial charge in [0.1, 0.15) is 22.3 Å². The monoisotopic (exact) mass is 560 g/mol. The van der Waals surface area contributed by atoms with Crippen LogP contribution in [0.5, 0.6) is 0 Å². The van der Waals surface area contributed by atoms with Gasteiger partial charge in [0.15, 0.2) is 0 Å². The summed E-state index contributed by atoms with van der Waals surface area (Å²) in [6, 6.07) is 37.4. The first kappa shape index (κ1) is 26.1. The van der Waals surface area contributed by atoms with Crippen molar-refractivity contribution in [3.8, 4) is 0 Å². The van der Waals surface area contributed by atoms with Gasteiger partial charge in [0.2, 0.25) is 0 Å². The zero-order valence-electron chi connectivity index (χ0n) is 25.5. The molecule has 0 bridgehead atoms. The van der Waals surface area contributed by atoms with Gasteiger partial charge in [-0.2, -0.15) is 0 Å². The van der Waals surface area contributed by atoms with E-state index >= 15 is 0 Å². The summed E-state index contributed by atoms with van der Waals surface area (Å²) in [7, 11) is 0. The van der Waals surface area contributed by atoms with Crippen molar-refractivity contribution in [2.45, 2.75) is 58.3 Å². The SMILES string of the molecule is CCC(C)(C)c1ccc(CC(C)(C)c2ccc3oc4cc5ccccc5cc4c3c2)c2oc3cc4ccccc4cc3c12. The second kappa shape index (κ2) is 9.22. The fourth-order valence-electron chi connectivity index (χ4n) is 6.97. The highest BCUT2D eigenvalue weighted by molar-refractivity contribution is 6.13. The molecule has 8 rings (SSSR count). The Morgan fingerprint density at radius 3 is 1.77 bits per heavy atom. The van der Waals surface area contributed by atoms with Crippen LogP contribution in [-0.4, -0.2) is 0 Å². The van der Waals surface area contributed by atoms with Gasteiger partial charge in [0.25, 0.3) is 0 Å². The van der Waals surface area contributed by atoms with E-state index in [1.54, 1.807) is 0 Å². The third kappa shape index (κ3) is 4.07. The molecule has 0 unspecified atom stereocenters. The van der Waals surface area contributed by atoms with Crippen LogP contribution in [0, 0.1) is 0 Å². The van der Waals surface area contributed by atoms with Crippen LogP contribution in [0.15, 0.2) is 112 Å². The third-order valence-electron chi connectivity index (χ3n) is 9.93. The first-order valence-electron chi connectivity index (χ1n) is 15.4. The molecule has 2 nitrogen and oxygen atoms in total. The summed E-state index contributed by atoms with van der Waals surface area (Å²) in [5.74, 6) is 0. The van der Waals surface area contributed by atoms with Crippen molar-refractivity contribution in [3.63, 3.8) is 0 Å². The molecule has 2 heterocycles. The summed E-state index contributed by atoms with van der Waals surface area (Å²) < 4.78 is 13.1. The molecule has 2 heteroatoms. The van der Waals surface area contributed by atoms with Crippen molar-refractivity contribution in [3.05, 3.63) is 120 Å². The number of rotatable bonds is 5. The first-order chi connectivity index (χ1) is 20.7. The summed E-state index contributed by atoms with van der Waals surface area (Å²) in [4.78, 5) is 0. The Morgan fingerprint density at radius 1 is 0.535 bits per heavy atom. The lowest BCUT2D eigenvalue weighted by Gasteiger charge is -2.28. The molecular formula is C41H36O2. The van der Waals surface area contributed by atoms with Crippen LogP contribution in [0.3, 0.4) is 0 Å². The maximum atomic E-state index is 6.80. The number of hydrogen-bond donors (Lipinski definition) is 0. The van der Waals surface area contributed by atoms with Crippen molar-refractivity contribution in [2.75, 3.05) is 0 Å². The predicted molar refractivity (Wildman–Crippen MR) is 182 cm³/mol. The molecule has 212 valence electrons. The minimum absolute atomic E-state index is 0.0340. The Balaban J connectivity index is 1.29. The fraction of sp³-hybridized carbons (Fsp3) is 0.220. The number of furan rings is 2. The zero-order valence-corrected chi connectivity index (χ0v) is 25.5. The maximum Gasteiger partial charge on any atom is 0.138 e. The fourth-order valence-corrected chi connectivity index (χ4v) is 6.97. The average Bonchev–Trinajstić information content (AvgIpc) is 3.56. The number of fused-ring (bicyclic) bond motifs is 8. The molecule has 0 amide bonds. The molecule has 2 aromatic heterocycles. The van der Waals surface area contributed by atoms with Crippen molar-refractivity contribution >= 4 is 65.4 Å². The van der Waals surface area contributed by atoms with E-state index < -0.39 is 0 Å². The van der Waals surface area contributed by atoms with E-state index in [2.05, 4.69) is 138 Å². The molecule has 0 saturated heterocycles. The van der Waals surface area contributed by atoms with Crippen LogP contribution in [0.2, 0.25) is 0 Å². The average molecular weight is 561 g/mol. The van der Waals surface area contributed by atoms with Gasteiger partial charge in [-0.3, -0.25) is 0 Å². The van der Waals surface area contributed by atoms with E-state index in [4.69, 9.17) is 8.83 Å². The Kier molecular flexibility index (Phi) is 5.59. The lowest BCUT2D eigenvalue weighted by atomic mass is 9.76. The Bertz CT molecular complexity index is 2360. The van der Waals surface area contributed by atoms with Crippen LogP contribution in [0.25, 0.3) is 65.4 Å². The quantitative estimate of drug-likeness (QED) is 0.209. The summed E-state index contributed by atoms with van der Waals surface area (Å²) in [5, 5.41) is 9.71. The third-order valence-corrected chi connectivity index (χ3v) is 9.93. The van der Waals surface area contributed by atoms with Gasteiger partial charge in [-0.25, -0.2) is 0 Å². The molecule has 0 radical (unpaired) electrons. The molecule has 0 spiro atoms. The zero-order chi connectivity index (χ0) is 29.5. The summed E-state index contributed by atoms with van der Waals surface area (Å²) >= 11 is 0. The highest BCUT2D eigenvalue weighted by atomic mass is 16.3. The molecule has 0 aliphatic rings. The second-order valence-corrected chi connectivity index (χ2v) is 13.6. The first-order valence-corrected chi connectivity index (χ1v) is 15.4. The van der Waals surface area contributed by atoms with E-state index in [1.807, 2.05) is 0 Å². The Morgan fingerprint density at radius 2 is 1.12 bits per heavy atom. The van der Waals surface area contributed by atoms with Crippen molar-refractivity contribution in [2.24, 2.45) is 0 Å². The number of benzene rings is 6. The van der Waals surface area contributed by atoms with Gasteiger partial charge in [-0.05, 0) is 98.3 Å². The van der Waals surface area contributed by atoms with Crippen LogP contribution < -0.4 is 0 Å². The number of hydrogen-bond acceptors (Lipinski definition) is 2. The van der Waals surface area contributed by atoms with Crippen molar-refractivity contribution < 1.29 is 8.83 Å². The molecule has 8 aromatic rings. The smallest absolute Gasteiger partial charge is 0.138 e. The van der Waals surface area contributed by atoms with Gasteiger partial charge in [0, 0.05) is 21.5 Å². The molecule has 43 heavy (non-hydrogen) atoms. The van der Waals surface area contributed by atoms with Gasteiger partial charge in [0.05, 0.1) is 0 Å². The molecular weight excluding hydrogens is 524 g/mol. The second-order valence-electron chi connectivity index (χ2n) is 13.6. The van der Waals surface area contributed by atoms with Gasteiger partial charge in [-0.1, -0.05) is 101 Å². The van der Waals surface area contributed by atoms with E-state index in [0.29, 0.717) is 0 Å². The van der Waals surface area contributed by atoms with E-state index in [0.717, 1.165) is 35.2 Å². The van der Waals surface area contributed by atoms with Crippen molar-refractivity contribution in [1.29, 1.82) is 0 Å². The summed E-state index contributed by atoms with van der Waals surface area (Å²) in [6.07, 6.45) is 1.92. The lowest BCUT2D eigenvalue weighted by Crippen LogP contribution is -2.21. The lowest BCUT2D eigenvalue weighted by molar-refractivity contribution is 0.507. The van der Waals surface area contributed by atoms with E-state index in [-0.39, 0.29) is 10.8 Å². The summed E-state index contributed by atoms with van der Waals surface area (Å²) in [5.41, 5.74) is 7.67. The van der Waals surface area contributed by atoms with Crippen LogP contribution in [-0.2, 0) is 17.3 Å². The predicted octanol–water partition coefficient (Wildman–Crippen LogP) is 12.0. The summed E-state index contributed by atoms with van der Waals surface area (Å²) in [6.45, 7) is 11.7. The maximum absolute atomic E-state index is 6.80. The molecule has 6 aromatic carbocycles. The molecule has 0 N–H and O–H groups in total. The molecule has 0 aliphatic carbocycles. The Hall–Kier alpha value is -4.56. The minimum Gasteiger partial charge on any atom is -0.456 e. The van der Waals surface area contributed by atoms with E-state index in [9.17, 15) is 0 Å². The molecule has 0 fully saturated rings. The van der Waals surface area contributed by atoms with Gasteiger partial charge >= 0.3 is 0 Å². The highest BCUT2D eigenvalue weighted by Crippen LogP contribution is 2.43. The highest BCUT2D eigenvalue weighted by Gasteiger charge is 2.29. The van der Waals surface area contributed by atoms with E-state index in [1.165, 1.54) is 59.8 Å². The van der Waals surface area contributed by atoms with Crippen LogP contribution >= 0.6 is 0 Å². The van der Waals surface area contributed by atoms with Crippen molar-refractivity contribution in [1.82, 2.24) is 0 Å². The largest absolute Gasteiger partial charge is 0.456 e. The standard InChI is InChI=1S/C41H36O2/c1-6-40(2,3)34-17-15-29(39-38(34)33-20-26-12-8-10-14-28(26)22-37(33)43-39)24-41(4,5)30-16-18-35-32(23-30)31-19-25-11-7-9-13-27(25)21-36(31)42-35/h7-23H,6,24H2,1-5H3. The van der Waals surface area contributed by atoms with Gasteiger partial charge < -0.3 is 8.83 Å². The Labute approximate surface area is 251 Å². The minimum atomic E-state index is -0.132. The molecule has 0 aliphatic heterocycles. The topological polar surface area (TPSA) is 26.3 Å². The molecule has 0 saturated carbocycles.